The van der Waals surface area contributed by atoms with Crippen molar-refractivity contribution in [3.63, 3.8) is 0 Å². The van der Waals surface area contributed by atoms with Gasteiger partial charge in [-0.05, 0) is 13.8 Å². The van der Waals surface area contributed by atoms with Crippen molar-refractivity contribution in [3.8, 4) is 0 Å². The lowest BCUT2D eigenvalue weighted by Crippen LogP contribution is -2.17. The monoisotopic (exact) mass is 128 g/mol. The predicted octanol–water partition coefficient (Wildman–Crippen LogP) is -0.573. The molecular formula is C4H8N4O. The van der Waals surface area contributed by atoms with Crippen LogP contribution in [0.4, 0.5) is 0 Å². The van der Waals surface area contributed by atoms with Crippen molar-refractivity contribution in [2.75, 3.05) is 0 Å². The molecule has 0 radical (unpaired) electrons. The van der Waals surface area contributed by atoms with Crippen LogP contribution in [0.3, 0.4) is 0 Å². The van der Waals surface area contributed by atoms with E-state index < -0.39 is 5.60 Å². The van der Waals surface area contributed by atoms with Crippen LogP contribution in [0, 0.1) is 0 Å². The van der Waals surface area contributed by atoms with Gasteiger partial charge >= 0.3 is 0 Å². The minimum atomic E-state index is -0.993. The molecule has 0 unspecified atom stereocenters. The minimum Gasteiger partial charge on any atom is -0.382 e. The van der Waals surface area contributed by atoms with Crippen molar-refractivity contribution in [1.29, 1.82) is 0 Å². The largest absolute Gasteiger partial charge is 0.382 e. The number of aromatic amines is 1. The Morgan fingerprint density at radius 3 is 2.44 bits per heavy atom. The van der Waals surface area contributed by atoms with Crippen LogP contribution in [-0.2, 0) is 5.60 Å². The maximum Gasteiger partial charge on any atom is 0.205 e. The van der Waals surface area contributed by atoms with Gasteiger partial charge in [0.05, 0.1) is 0 Å². The van der Waals surface area contributed by atoms with Crippen LogP contribution in [0.5, 0.6) is 0 Å². The average molecular weight is 128 g/mol. The molecule has 0 aliphatic heterocycles. The normalized spacial score (nSPS) is 11.9. The maximum absolute atomic E-state index is 9.19. The molecule has 0 aromatic carbocycles. The molecule has 1 rings (SSSR count). The van der Waals surface area contributed by atoms with E-state index in [1.165, 1.54) is 0 Å². The molecule has 0 saturated carbocycles. The highest BCUT2D eigenvalue weighted by Crippen LogP contribution is 2.11. The lowest BCUT2D eigenvalue weighted by Gasteiger charge is -2.09. The van der Waals surface area contributed by atoms with E-state index in [1.807, 2.05) is 0 Å². The highest BCUT2D eigenvalue weighted by Gasteiger charge is 2.20. The number of hydrogen-bond acceptors (Lipinski definition) is 4. The smallest absolute Gasteiger partial charge is 0.205 e. The average Bonchev–Trinajstić information content (AvgIpc) is 2.08. The highest BCUT2D eigenvalue weighted by molar-refractivity contribution is 4.89. The summed E-state index contributed by atoms with van der Waals surface area (Å²) in [6.45, 7) is 3.19. The molecule has 5 nitrogen and oxygen atoms in total. The van der Waals surface area contributed by atoms with Gasteiger partial charge in [-0.2, -0.15) is 5.21 Å². The second-order valence-electron chi connectivity index (χ2n) is 2.29. The van der Waals surface area contributed by atoms with Crippen molar-refractivity contribution < 1.29 is 5.11 Å². The quantitative estimate of drug-likeness (QED) is 0.531. The summed E-state index contributed by atoms with van der Waals surface area (Å²) in [5.74, 6) is 0.308. The van der Waals surface area contributed by atoms with Gasteiger partial charge in [0, 0.05) is 0 Å². The molecule has 9 heavy (non-hydrogen) atoms. The zero-order valence-electron chi connectivity index (χ0n) is 5.29. The number of rotatable bonds is 1. The van der Waals surface area contributed by atoms with Gasteiger partial charge < -0.3 is 5.11 Å². The van der Waals surface area contributed by atoms with Gasteiger partial charge in [-0.25, -0.2) is 0 Å². The molecule has 0 aliphatic rings. The van der Waals surface area contributed by atoms with Crippen molar-refractivity contribution in [2.24, 2.45) is 0 Å². The number of tetrazole rings is 1. The van der Waals surface area contributed by atoms with Gasteiger partial charge in [-0.3, -0.25) is 0 Å². The van der Waals surface area contributed by atoms with Gasteiger partial charge in [0.2, 0.25) is 5.82 Å². The Morgan fingerprint density at radius 2 is 2.22 bits per heavy atom. The molecule has 2 N–H and O–H groups in total. The molecule has 0 atom stereocenters. The summed E-state index contributed by atoms with van der Waals surface area (Å²) < 4.78 is 0. The first kappa shape index (κ1) is 6.15. The van der Waals surface area contributed by atoms with E-state index in [-0.39, 0.29) is 0 Å². The van der Waals surface area contributed by atoms with Crippen LogP contribution >= 0.6 is 0 Å². The van der Waals surface area contributed by atoms with Gasteiger partial charge in [0.1, 0.15) is 5.60 Å². The van der Waals surface area contributed by atoms with Crippen LogP contribution in [-0.4, -0.2) is 25.7 Å². The summed E-state index contributed by atoms with van der Waals surface area (Å²) in [6, 6.07) is 0. The Balaban J connectivity index is 2.90. The minimum absolute atomic E-state index is 0.308. The number of nitrogens with zero attached hydrogens (tertiary/aromatic N) is 3. The van der Waals surface area contributed by atoms with E-state index in [9.17, 15) is 5.11 Å². The predicted molar refractivity (Wildman–Crippen MR) is 29.4 cm³/mol. The zero-order chi connectivity index (χ0) is 6.91. The summed E-state index contributed by atoms with van der Waals surface area (Å²) in [4.78, 5) is 0. The molecule has 0 fully saturated rings. The highest BCUT2D eigenvalue weighted by atomic mass is 16.3. The molecular weight excluding hydrogens is 120 g/mol. The van der Waals surface area contributed by atoms with Crippen LogP contribution in [0.2, 0.25) is 0 Å². The second-order valence-corrected chi connectivity index (χ2v) is 2.29. The second kappa shape index (κ2) is 1.77. The summed E-state index contributed by atoms with van der Waals surface area (Å²) in [6.07, 6.45) is 0. The number of aromatic nitrogens is 4. The van der Waals surface area contributed by atoms with Crippen molar-refractivity contribution in [3.05, 3.63) is 5.82 Å². The number of hydrogen-bond donors (Lipinski definition) is 2. The third kappa shape index (κ3) is 1.23. The van der Waals surface area contributed by atoms with E-state index in [4.69, 9.17) is 0 Å². The van der Waals surface area contributed by atoms with Crippen LogP contribution < -0.4 is 0 Å². The molecule has 1 heterocycles. The van der Waals surface area contributed by atoms with Crippen molar-refractivity contribution in [2.45, 2.75) is 19.4 Å². The summed E-state index contributed by atoms with van der Waals surface area (Å²) in [5, 5.41) is 21.9. The molecule has 1 aromatic rings. The Bertz CT molecular complexity index is 175. The van der Waals surface area contributed by atoms with E-state index in [1.54, 1.807) is 13.8 Å². The van der Waals surface area contributed by atoms with Crippen molar-refractivity contribution >= 4 is 0 Å². The van der Waals surface area contributed by atoms with E-state index in [0.29, 0.717) is 5.82 Å². The van der Waals surface area contributed by atoms with Gasteiger partial charge in [-0.1, -0.05) is 5.21 Å². The van der Waals surface area contributed by atoms with Gasteiger partial charge in [0.25, 0.3) is 0 Å². The van der Waals surface area contributed by atoms with E-state index in [2.05, 4.69) is 20.6 Å². The molecule has 0 aliphatic carbocycles. The fourth-order valence-corrected chi connectivity index (χ4v) is 0.421. The molecule has 0 spiro atoms. The Labute approximate surface area is 52.1 Å². The topological polar surface area (TPSA) is 74.7 Å². The zero-order valence-corrected chi connectivity index (χ0v) is 5.29. The molecule has 5 heteroatoms. The number of H-pyrrole nitrogens is 1. The fraction of sp³-hybridized carbons (Fsp3) is 0.750. The van der Waals surface area contributed by atoms with Gasteiger partial charge in [0.15, 0.2) is 0 Å². The third-order valence-corrected chi connectivity index (χ3v) is 0.893. The first-order valence-corrected chi connectivity index (χ1v) is 2.57. The number of aliphatic hydroxyl groups is 1. The first-order valence-electron chi connectivity index (χ1n) is 2.57. The lowest BCUT2D eigenvalue weighted by atomic mass is 10.1. The standard InChI is InChI=1S/C4H8N4O/c1-4(2,9)3-5-7-8-6-3/h9H,1-2H3,(H,5,6,7,8). The third-order valence-electron chi connectivity index (χ3n) is 0.893. The molecule has 1 aromatic heterocycles. The van der Waals surface area contributed by atoms with Gasteiger partial charge in [-0.15, -0.1) is 10.2 Å². The maximum atomic E-state index is 9.19. The van der Waals surface area contributed by atoms with Crippen LogP contribution in [0.15, 0.2) is 0 Å². The first-order chi connectivity index (χ1) is 4.11. The van der Waals surface area contributed by atoms with Crippen molar-refractivity contribution in [1.82, 2.24) is 20.6 Å². The Kier molecular flexibility index (Phi) is 1.21. The molecule has 0 saturated heterocycles. The SMILES string of the molecule is CC(C)(O)c1nn[nH]n1. The summed E-state index contributed by atoms with van der Waals surface area (Å²) >= 11 is 0. The van der Waals surface area contributed by atoms with Crippen LogP contribution in [0.1, 0.15) is 19.7 Å². The lowest BCUT2D eigenvalue weighted by molar-refractivity contribution is 0.0688. The summed E-state index contributed by atoms with van der Waals surface area (Å²) in [7, 11) is 0. The summed E-state index contributed by atoms with van der Waals surface area (Å²) in [5.41, 5.74) is -0.993. The van der Waals surface area contributed by atoms with E-state index in [0.717, 1.165) is 0 Å². The molecule has 50 valence electrons. The van der Waals surface area contributed by atoms with E-state index >= 15 is 0 Å². The number of nitrogens with one attached hydrogen (secondary N) is 1. The van der Waals surface area contributed by atoms with Crippen LogP contribution in [0.25, 0.3) is 0 Å². The molecule has 0 bridgehead atoms. The fourth-order valence-electron chi connectivity index (χ4n) is 0.421. The Hall–Kier alpha value is -0.970. The Morgan fingerprint density at radius 1 is 1.56 bits per heavy atom. The molecule has 0 amide bonds.